The Morgan fingerprint density at radius 3 is 2.72 bits per heavy atom. The number of fused-ring (bicyclic) bond motifs is 2. The first kappa shape index (κ1) is 23.9. The fourth-order valence-corrected chi connectivity index (χ4v) is 5.23. The molecule has 0 saturated carbocycles. The van der Waals surface area contributed by atoms with Crippen LogP contribution in [0.15, 0.2) is 66.1 Å². The number of H-pyrrole nitrogens is 1. The number of amides is 1. The molecule has 36 heavy (non-hydrogen) atoms. The summed E-state index contributed by atoms with van der Waals surface area (Å²) in [6.45, 7) is 2.05. The van der Waals surface area contributed by atoms with E-state index in [-0.39, 0.29) is 10.9 Å². The van der Waals surface area contributed by atoms with Gasteiger partial charge in [0.15, 0.2) is 14.9 Å². The van der Waals surface area contributed by atoms with Crippen LogP contribution in [0, 0.1) is 6.92 Å². The van der Waals surface area contributed by atoms with Crippen LogP contribution < -0.4 is 5.32 Å². The second-order valence-corrected chi connectivity index (χ2v) is 11.0. The largest absolute Gasteiger partial charge is 0.348 e. The molecule has 0 saturated heterocycles. The van der Waals surface area contributed by atoms with Gasteiger partial charge in [0.2, 0.25) is 0 Å². The normalized spacial score (nSPS) is 11.8. The van der Waals surface area contributed by atoms with Crippen LogP contribution in [0.3, 0.4) is 0 Å². The Hall–Kier alpha value is -3.82. The molecule has 0 atom stereocenters. The molecule has 0 aliphatic carbocycles. The van der Waals surface area contributed by atoms with Gasteiger partial charge in [0.1, 0.15) is 5.65 Å². The fraction of sp³-hybridized carbons (Fsp3) is 0.154. The van der Waals surface area contributed by atoms with E-state index in [0.717, 1.165) is 33.8 Å². The SMILES string of the molecule is Cc1cc2cc(Cc3cc(C(=O)NCc4cnc5[nH]cc(Cl)c5c4)ccn3)ccc2nc1S(C)(=O)=O. The minimum Gasteiger partial charge on any atom is -0.348 e. The van der Waals surface area contributed by atoms with Gasteiger partial charge in [0.25, 0.3) is 5.91 Å². The zero-order valence-electron chi connectivity index (χ0n) is 19.5. The van der Waals surface area contributed by atoms with Crippen molar-refractivity contribution in [3.8, 4) is 0 Å². The molecule has 1 amide bonds. The first-order valence-electron chi connectivity index (χ1n) is 11.1. The Bertz CT molecular complexity index is 1750. The first-order valence-corrected chi connectivity index (χ1v) is 13.4. The van der Waals surface area contributed by atoms with Crippen molar-refractivity contribution >= 4 is 49.3 Å². The highest BCUT2D eigenvalue weighted by Gasteiger charge is 2.14. The molecule has 0 aliphatic heterocycles. The number of sulfone groups is 1. The smallest absolute Gasteiger partial charge is 0.251 e. The number of rotatable bonds is 6. The molecule has 1 aromatic carbocycles. The van der Waals surface area contributed by atoms with E-state index in [9.17, 15) is 13.2 Å². The number of hydrogen-bond acceptors (Lipinski definition) is 6. The van der Waals surface area contributed by atoms with Crippen LogP contribution in [-0.4, -0.2) is 40.5 Å². The summed E-state index contributed by atoms with van der Waals surface area (Å²) in [5, 5.41) is 5.24. The summed E-state index contributed by atoms with van der Waals surface area (Å²) in [6, 6.07) is 12.8. The third-order valence-corrected chi connectivity index (χ3v) is 7.26. The molecule has 5 rings (SSSR count). The quantitative estimate of drug-likeness (QED) is 0.343. The highest BCUT2D eigenvalue weighted by molar-refractivity contribution is 7.90. The summed E-state index contributed by atoms with van der Waals surface area (Å²) in [7, 11) is -3.40. The van der Waals surface area contributed by atoms with Gasteiger partial charge in [-0.1, -0.05) is 17.7 Å². The number of halogens is 1. The second kappa shape index (κ2) is 9.33. The Balaban J connectivity index is 1.31. The maximum Gasteiger partial charge on any atom is 0.251 e. The maximum atomic E-state index is 12.8. The van der Waals surface area contributed by atoms with Crippen LogP contribution in [0.1, 0.15) is 32.7 Å². The van der Waals surface area contributed by atoms with Gasteiger partial charge in [-0.25, -0.2) is 18.4 Å². The lowest BCUT2D eigenvalue weighted by molar-refractivity contribution is 0.0950. The lowest BCUT2D eigenvalue weighted by Crippen LogP contribution is -2.23. The zero-order valence-corrected chi connectivity index (χ0v) is 21.1. The topological polar surface area (TPSA) is 118 Å². The number of nitrogens with one attached hydrogen (secondary N) is 2. The number of carbonyl (C=O) groups is 1. The number of carbonyl (C=O) groups excluding carboxylic acids is 1. The molecule has 2 N–H and O–H groups in total. The molecule has 10 heteroatoms. The summed E-state index contributed by atoms with van der Waals surface area (Å²) < 4.78 is 23.9. The van der Waals surface area contributed by atoms with Crippen molar-refractivity contribution in [1.82, 2.24) is 25.3 Å². The van der Waals surface area contributed by atoms with Crippen molar-refractivity contribution in [2.24, 2.45) is 0 Å². The Morgan fingerprint density at radius 2 is 1.92 bits per heavy atom. The van der Waals surface area contributed by atoms with Crippen LogP contribution in [0.5, 0.6) is 0 Å². The minimum absolute atomic E-state index is 0.0926. The third kappa shape index (κ3) is 4.93. The van der Waals surface area contributed by atoms with Gasteiger partial charge >= 0.3 is 0 Å². The fourth-order valence-electron chi connectivity index (χ4n) is 4.12. The number of nitrogens with zero attached hydrogens (tertiary/aromatic N) is 3. The molecule has 0 fully saturated rings. The van der Waals surface area contributed by atoms with Gasteiger partial charge < -0.3 is 10.3 Å². The summed E-state index contributed by atoms with van der Waals surface area (Å²) in [5.41, 5.74) is 4.97. The van der Waals surface area contributed by atoms with Crippen LogP contribution in [-0.2, 0) is 22.8 Å². The summed E-state index contributed by atoms with van der Waals surface area (Å²) >= 11 is 6.16. The van der Waals surface area contributed by atoms with E-state index >= 15 is 0 Å². The van der Waals surface area contributed by atoms with Crippen molar-refractivity contribution in [3.05, 3.63) is 94.0 Å². The van der Waals surface area contributed by atoms with E-state index in [2.05, 4.69) is 25.3 Å². The molecule has 4 aromatic heterocycles. The van der Waals surface area contributed by atoms with Gasteiger partial charge in [-0.3, -0.25) is 9.78 Å². The van der Waals surface area contributed by atoms with Crippen molar-refractivity contribution in [2.45, 2.75) is 24.9 Å². The molecule has 0 aliphatic rings. The Kier molecular flexibility index (Phi) is 6.19. The van der Waals surface area contributed by atoms with E-state index in [4.69, 9.17) is 11.6 Å². The molecule has 182 valence electrons. The summed E-state index contributed by atoms with van der Waals surface area (Å²) in [6.07, 6.45) is 6.66. The van der Waals surface area contributed by atoms with Gasteiger partial charge in [0, 0.05) is 59.8 Å². The number of aromatic nitrogens is 4. The lowest BCUT2D eigenvalue weighted by Gasteiger charge is -2.09. The van der Waals surface area contributed by atoms with E-state index in [1.807, 2.05) is 24.3 Å². The molecular formula is C26H22ClN5O3S. The number of aryl methyl sites for hydroxylation is 1. The number of pyridine rings is 3. The average molecular weight is 520 g/mol. The third-order valence-electron chi connectivity index (χ3n) is 5.83. The number of benzene rings is 1. The van der Waals surface area contributed by atoms with Crippen molar-refractivity contribution in [3.63, 3.8) is 0 Å². The molecule has 8 nitrogen and oxygen atoms in total. The highest BCUT2D eigenvalue weighted by Crippen LogP contribution is 2.23. The lowest BCUT2D eigenvalue weighted by atomic mass is 10.0. The summed E-state index contributed by atoms with van der Waals surface area (Å²) in [4.78, 5) is 28.8. The van der Waals surface area contributed by atoms with Gasteiger partial charge in [-0.05, 0) is 60.0 Å². The Labute approximate surface area is 212 Å². The van der Waals surface area contributed by atoms with Crippen molar-refractivity contribution in [1.29, 1.82) is 0 Å². The predicted molar refractivity (Wildman–Crippen MR) is 139 cm³/mol. The molecule has 4 heterocycles. The van der Waals surface area contributed by atoms with Crippen molar-refractivity contribution < 1.29 is 13.2 Å². The average Bonchev–Trinajstić information content (AvgIpc) is 3.21. The predicted octanol–water partition coefficient (Wildman–Crippen LogP) is 4.39. The standard InChI is InChI=1S/C26H22ClN5O3S/c1-15-7-19-8-16(3-4-23(19)32-26(15)36(2,34)35)9-20-11-18(5-6-28-20)25(33)31-13-17-10-21-22(27)14-30-24(21)29-12-17/h3-8,10-12,14H,9,13H2,1-2H3,(H,29,30)(H,31,33). The van der Waals surface area contributed by atoms with E-state index in [1.165, 1.54) is 0 Å². The maximum absolute atomic E-state index is 12.8. The zero-order chi connectivity index (χ0) is 25.4. The van der Waals surface area contributed by atoms with Gasteiger partial charge in [-0.15, -0.1) is 0 Å². The van der Waals surface area contributed by atoms with Gasteiger partial charge in [-0.2, -0.15) is 0 Å². The monoisotopic (exact) mass is 519 g/mol. The first-order chi connectivity index (χ1) is 17.2. The van der Waals surface area contributed by atoms with E-state index < -0.39 is 9.84 Å². The van der Waals surface area contributed by atoms with Crippen LogP contribution >= 0.6 is 11.6 Å². The number of hydrogen-bond donors (Lipinski definition) is 2. The number of aromatic amines is 1. The molecule has 0 bridgehead atoms. The molecule has 0 unspecified atom stereocenters. The molecule has 5 aromatic rings. The highest BCUT2D eigenvalue weighted by atomic mass is 35.5. The van der Waals surface area contributed by atoms with Crippen LogP contribution in [0.4, 0.5) is 0 Å². The van der Waals surface area contributed by atoms with Gasteiger partial charge in [0.05, 0.1) is 10.5 Å². The summed E-state index contributed by atoms with van der Waals surface area (Å²) in [5.74, 6) is -0.217. The minimum atomic E-state index is -3.40. The molecule has 0 radical (unpaired) electrons. The molecular weight excluding hydrogens is 498 g/mol. The van der Waals surface area contributed by atoms with Crippen LogP contribution in [0.2, 0.25) is 5.02 Å². The Morgan fingerprint density at radius 1 is 1.08 bits per heavy atom. The van der Waals surface area contributed by atoms with Crippen LogP contribution in [0.25, 0.3) is 21.9 Å². The van der Waals surface area contributed by atoms with E-state index in [0.29, 0.717) is 40.3 Å². The second-order valence-electron chi connectivity index (χ2n) is 8.68. The van der Waals surface area contributed by atoms with E-state index in [1.54, 1.807) is 43.7 Å². The van der Waals surface area contributed by atoms with Crippen molar-refractivity contribution in [2.75, 3.05) is 6.26 Å². The molecule has 0 spiro atoms.